The molecule has 0 unspecified atom stereocenters. The zero-order valence-corrected chi connectivity index (χ0v) is 10.7. The molecule has 0 spiro atoms. The Morgan fingerprint density at radius 2 is 2.06 bits per heavy atom. The van der Waals surface area contributed by atoms with E-state index in [0.29, 0.717) is 5.75 Å². The highest BCUT2D eigenvalue weighted by molar-refractivity contribution is 8.00. The van der Waals surface area contributed by atoms with E-state index < -0.39 is 5.97 Å². The van der Waals surface area contributed by atoms with E-state index in [1.54, 1.807) is 0 Å². The summed E-state index contributed by atoms with van der Waals surface area (Å²) in [4.78, 5) is 23.3. The number of hydrogen-bond acceptors (Lipinski definition) is 4. The zero-order chi connectivity index (χ0) is 12.7. The van der Waals surface area contributed by atoms with E-state index in [-0.39, 0.29) is 12.5 Å². The summed E-state index contributed by atoms with van der Waals surface area (Å²) >= 11 is 1.45. The molecule has 1 aromatic carbocycles. The average molecular weight is 253 g/mol. The van der Waals surface area contributed by atoms with Gasteiger partial charge >= 0.3 is 5.97 Å². The molecule has 0 atom stereocenters. The number of amides is 1. The van der Waals surface area contributed by atoms with Crippen LogP contribution in [0.5, 0.6) is 0 Å². The number of nitrogens with one attached hydrogen (secondary N) is 1. The highest BCUT2D eigenvalue weighted by Gasteiger charge is 2.06. The Kier molecular flexibility index (Phi) is 5.56. The van der Waals surface area contributed by atoms with Gasteiger partial charge in [-0.25, -0.2) is 0 Å². The van der Waals surface area contributed by atoms with Crippen LogP contribution in [0.4, 0.5) is 0 Å². The van der Waals surface area contributed by atoms with Crippen molar-refractivity contribution in [2.24, 2.45) is 0 Å². The van der Waals surface area contributed by atoms with Gasteiger partial charge in [0.1, 0.15) is 6.54 Å². The SMILES string of the molecule is COC(=O)CNC(=O)CSc1ccccc1C. The number of aryl methyl sites for hydroxylation is 1. The summed E-state index contributed by atoms with van der Waals surface area (Å²) in [5.41, 5.74) is 1.14. The summed E-state index contributed by atoms with van der Waals surface area (Å²) in [5, 5.41) is 2.49. The van der Waals surface area contributed by atoms with Gasteiger partial charge in [0.25, 0.3) is 0 Å². The third kappa shape index (κ3) is 4.91. The number of rotatable bonds is 5. The second-order valence-electron chi connectivity index (χ2n) is 3.41. The molecule has 1 N–H and O–H groups in total. The van der Waals surface area contributed by atoms with E-state index in [2.05, 4.69) is 10.1 Å². The summed E-state index contributed by atoms with van der Waals surface area (Å²) in [7, 11) is 1.29. The fraction of sp³-hybridized carbons (Fsp3) is 0.333. The Morgan fingerprint density at radius 1 is 1.35 bits per heavy atom. The number of thioether (sulfide) groups is 1. The van der Waals surface area contributed by atoms with Crippen LogP contribution in [0.3, 0.4) is 0 Å². The molecule has 0 aliphatic heterocycles. The van der Waals surface area contributed by atoms with Crippen molar-refractivity contribution in [1.29, 1.82) is 0 Å². The van der Waals surface area contributed by atoms with Crippen molar-refractivity contribution < 1.29 is 14.3 Å². The Balaban J connectivity index is 2.34. The normalized spacial score (nSPS) is 9.76. The van der Waals surface area contributed by atoms with Crippen LogP contribution in [-0.2, 0) is 14.3 Å². The van der Waals surface area contributed by atoms with Crippen LogP contribution in [0, 0.1) is 6.92 Å². The van der Waals surface area contributed by atoms with Crippen LogP contribution in [-0.4, -0.2) is 31.3 Å². The summed E-state index contributed by atoms with van der Waals surface area (Å²) in [5.74, 6) is -0.329. The first kappa shape index (κ1) is 13.6. The topological polar surface area (TPSA) is 55.4 Å². The lowest BCUT2D eigenvalue weighted by atomic mass is 10.2. The van der Waals surface area contributed by atoms with Gasteiger partial charge in [-0.05, 0) is 18.6 Å². The van der Waals surface area contributed by atoms with Gasteiger partial charge in [0.2, 0.25) is 5.91 Å². The number of ether oxygens (including phenoxy) is 1. The second-order valence-corrected chi connectivity index (χ2v) is 4.42. The lowest BCUT2D eigenvalue weighted by Crippen LogP contribution is -2.31. The van der Waals surface area contributed by atoms with Crippen LogP contribution in [0.1, 0.15) is 5.56 Å². The largest absolute Gasteiger partial charge is 0.468 e. The molecule has 0 heterocycles. The molecular formula is C12H15NO3S. The van der Waals surface area contributed by atoms with Crippen molar-refractivity contribution in [1.82, 2.24) is 5.32 Å². The molecule has 0 bridgehead atoms. The van der Waals surface area contributed by atoms with E-state index in [1.807, 2.05) is 31.2 Å². The minimum atomic E-state index is -0.445. The highest BCUT2D eigenvalue weighted by atomic mass is 32.2. The number of carbonyl (C=O) groups excluding carboxylic acids is 2. The number of methoxy groups -OCH3 is 1. The minimum absolute atomic E-state index is 0.0797. The van der Waals surface area contributed by atoms with E-state index >= 15 is 0 Å². The molecule has 0 aliphatic carbocycles. The lowest BCUT2D eigenvalue weighted by Gasteiger charge is -2.05. The quantitative estimate of drug-likeness (QED) is 0.636. The van der Waals surface area contributed by atoms with Gasteiger partial charge in [0.15, 0.2) is 0 Å². The molecule has 0 fully saturated rings. The first-order valence-corrected chi connectivity index (χ1v) is 6.14. The monoisotopic (exact) mass is 253 g/mol. The second kappa shape index (κ2) is 6.96. The molecule has 0 aromatic heterocycles. The van der Waals surface area contributed by atoms with Crippen LogP contribution >= 0.6 is 11.8 Å². The third-order valence-electron chi connectivity index (χ3n) is 2.11. The Morgan fingerprint density at radius 3 is 2.71 bits per heavy atom. The van der Waals surface area contributed by atoms with Gasteiger partial charge in [0.05, 0.1) is 12.9 Å². The number of carbonyl (C=O) groups is 2. The van der Waals surface area contributed by atoms with Gasteiger partial charge in [-0.1, -0.05) is 18.2 Å². The number of esters is 1. The van der Waals surface area contributed by atoms with Crippen molar-refractivity contribution in [2.75, 3.05) is 19.4 Å². The molecule has 0 saturated carbocycles. The lowest BCUT2D eigenvalue weighted by molar-refractivity contribution is -0.140. The van der Waals surface area contributed by atoms with Crippen molar-refractivity contribution >= 4 is 23.6 Å². The first-order chi connectivity index (χ1) is 8.13. The molecule has 17 heavy (non-hydrogen) atoms. The van der Waals surface area contributed by atoms with Crippen LogP contribution in [0.25, 0.3) is 0 Å². The molecule has 92 valence electrons. The smallest absolute Gasteiger partial charge is 0.325 e. The predicted molar refractivity (Wildman–Crippen MR) is 66.9 cm³/mol. The predicted octanol–water partition coefficient (Wildman–Crippen LogP) is 1.38. The molecule has 0 saturated heterocycles. The molecular weight excluding hydrogens is 238 g/mol. The Labute approximate surface area is 105 Å². The van der Waals surface area contributed by atoms with Crippen LogP contribution in [0.15, 0.2) is 29.2 Å². The van der Waals surface area contributed by atoms with E-state index in [0.717, 1.165) is 10.5 Å². The van der Waals surface area contributed by atoms with Crippen molar-refractivity contribution in [3.8, 4) is 0 Å². The fourth-order valence-electron chi connectivity index (χ4n) is 1.16. The van der Waals surface area contributed by atoms with Crippen molar-refractivity contribution in [3.63, 3.8) is 0 Å². The molecule has 1 amide bonds. The number of hydrogen-bond donors (Lipinski definition) is 1. The maximum Gasteiger partial charge on any atom is 0.325 e. The molecule has 5 heteroatoms. The highest BCUT2D eigenvalue weighted by Crippen LogP contribution is 2.21. The van der Waals surface area contributed by atoms with Crippen molar-refractivity contribution in [3.05, 3.63) is 29.8 Å². The Bertz CT molecular complexity index is 406. The molecule has 0 radical (unpaired) electrons. The summed E-state index contributed by atoms with van der Waals surface area (Å²) < 4.78 is 4.42. The summed E-state index contributed by atoms with van der Waals surface area (Å²) in [6.07, 6.45) is 0. The molecule has 1 aromatic rings. The van der Waals surface area contributed by atoms with Crippen LogP contribution in [0.2, 0.25) is 0 Å². The first-order valence-electron chi connectivity index (χ1n) is 5.15. The number of benzene rings is 1. The molecule has 1 rings (SSSR count). The zero-order valence-electron chi connectivity index (χ0n) is 9.86. The van der Waals surface area contributed by atoms with E-state index in [4.69, 9.17) is 0 Å². The Hall–Kier alpha value is -1.49. The van der Waals surface area contributed by atoms with Gasteiger partial charge in [-0.15, -0.1) is 11.8 Å². The molecule has 0 aliphatic rings. The standard InChI is InChI=1S/C12H15NO3S/c1-9-5-3-4-6-10(9)17-8-11(14)13-7-12(15)16-2/h3-6H,7-8H2,1-2H3,(H,13,14). The van der Waals surface area contributed by atoms with Gasteiger partial charge in [0, 0.05) is 4.90 Å². The summed E-state index contributed by atoms with van der Waals surface area (Å²) in [6, 6.07) is 7.85. The van der Waals surface area contributed by atoms with Gasteiger partial charge in [-0.3, -0.25) is 9.59 Å². The third-order valence-corrected chi connectivity index (χ3v) is 3.29. The maximum absolute atomic E-state index is 11.4. The maximum atomic E-state index is 11.4. The van der Waals surface area contributed by atoms with Crippen LogP contribution < -0.4 is 5.32 Å². The minimum Gasteiger partial charge on any atom is -0.468 e. The van der Waals surface area contributed by atoms with Gasteiger partial charge < -0.3 is 10.1 Å². The van der Waals surface area contributed by atoms with Crippen molar-refractivity contribution in [2.45, 2.75) is 11.8 Å². The fourth-order valence-corrected chi connectivity index (χ4v) is 2.01. The van der Waals surface area contributed by atoms with Gasteiger partial charge in [-0.2, -0.15) is 0 Å². The molecule has 4 nitrogen and oxygen atoms in total. The van der Waals surface area contributed by atoms with E-state index in [1.165, 1.54) is 18.9 Å². The average Bonchev–Trinajstić information content (AvgIpc) is 2.35. The van der Waals surface area contributed by atoms with E-state index in [9.17, 15) is 9.59 Å². The summed E-state index contributed by atoms with van der Waals surface area (Å²) in [6.45, 7) is 1.92.